The number of imidazole rings is 1. The van der Waals surface area contributed by atoms with E-state index < -0.39 is 49.5 Å². The predicted octanol–water partition coefficient (Wildman–Crippen LogP) is -1.29. The lowest BCUT2D eigenvalue weighted by Crippen LogP contribution is -2.60. The highest BCUT2D eigenvalue weighted by Gasteiger charge is 2.50. The van der Waals surface area contributed by atoms with Crippen LogP contribution in [-0.4, -0.2) is 91.3 Å². The number of amides is 1. The number of hydrogen-bond donors (Lipinski definition) is 5. The van der Waals surface area contributed by atoms with E-state index in [0.29, 0.717) is 25.0 Å². The Morgan fingerprint density at radius 1 is 1.28 bits per heavy atom. The average Bonchev–Trinajstić information content (AvgIpc) is 3.29. The first kappa shape index (κ1) is 21.6. The fraction of sp³-hybridized carbons (Fsp3) is 0.619. The third-order valence-electron chi connectivity index (χ3n) is 6.93. The lowest BCUT2D eigenvalue weighted by atomic mass is 9.74. The maximum atomic E-state index is 13.2. The summed E-state index contributed by atoms with van der Waals surface area (Å²) in [6.45, 7) is 3.91. The Balaban J connectivity index is 1.39. The van der Waals surface area contributed by atoms with E-state index in [-0.39, 0.29) is 17.9 Å². The van der Waals surface area contributed by atoms with Gasteiger partial charge in [-0.1, -0.05) is 6.08 Å². The molecule has 2 fully saturated rings. The number of carbonyl (C=O) groups excluding carboxylic acids is 1. The molecule has 4 aliphatic rings. The smallest absolute Gasteiger partial charge is 0.253 e. The second-order valence-corrected chi connectivity index (χ2v) is 8.59. The SMILES string of the molecule is C=C[C@H]1[C@H](O[C@@H]2O[C@H](CO)[C@@H](O)[C@H](O)[C@H]2O)OC=C2C(=O)N3CCc4nc[nH]c4[C@H]3C[C@H]21. The van der Waals surface area contributed by atoms with E-state index in [1.165, 1.54) is 6.26 Å². The summed E-state index contributed by atoms with van der Waals surface area (Å²) in [6.07, 6.45) is -2.02. The number of hydrogen-bond acceptors (Lipinski definition) is 9. The Bertz CT molecular complexity index is 917. The topological polar surface area (TPSA) is 158 Å². The molecule has 5 N–H and O–H groups in total. The van der Waals surface area contributed by atoms with Crippen LogP contribution >= 0.6 is 0 Å². The van der Waals surface area contributed by atoms with Crippen LogP contribution in [0.2, 0.25) is 0 Å². The van der Waals surface area contributed by atoms with E-state index in [0.717, 1.165) is 11.4 Å². The zero-order chi connectivity index (χ0) is 22.6. The third-order valence-corrected chi connectivity index (χ3v) is 6.93. The highest BCUT2D eigenvalue weighted by molar-refractivity contribution is 5.95. The Hall–Kier alpha value is -2.28. The quantitative estimate of drug-likeness (QED) is 0.353. The maximum absolute atomic E-state index is 13.2. The lowest BCUT2D eigenvalue weighted by molar-refractivity contribution is -0.339. The van der Waals surface area contributed by atoms with Crippen LogP contribution in [0.15, 0.2) is 30.8 Å². The maximum Gasteiger partial charge on any atom is 0.253 e. The van der Waals surface area contributed by atoms with Gasteiger partial charge in [0.2, 0.25) is 6.29 Å². The second-order valence-electron chi connectivity index (χ2n) is 8.59. The molecule has 9 atom stereocenters. The summed E-state index contributed by atoms with van der Waals surface area (Å²) in [5.41, 5.74) is 2.43. The molecule has 0 unspecified atom stereocenters. The van der Waals surface area contributed by atoms with Gasteiger partial charge >= 0.3 is 0 Å². The van der Waals surface area contributed by atoms with Crippen LogP contribution in [0.25, 0.3) is 0 Å². The number of aromatic nitrogens is 2. The summed E-state index contributed by atoms with van der Waals surface area (Å²) < 4.78 is 17.0. The van der Waals surface area contributed by atoms with Gasteiger partial charge in [-0.2, -0.15) is 0 Å². The molecule has 2 saturated heterocycles. The lowest BCUT2D eigenvalue weighted by Gasteiger charge is -2.48. The van der Waals surface area contributed by atoms with E-state index in [2.05, 4.69) is 16.5 Å². The van der Waals surface area contributed by atoms with Crippen LogP contribution < -0.4 is 0 Å². The van der Waals surface area contributed by atoms with Gasteiger partial charge in [-0.25, -0.2) is 4.98 Å². The molecule has 0 aromatic carbocycles. The molecule has 1 amide bonds. The molecular formula is C21H27N3O8. The van der Waals surface area contributed by atoms with Gasteiger partial charge in [0.05, 0.1) is 42.2 Å². The van der Waals surface area contributed by atoms with Crippen molar-refractivity contribution in [2.75, 3.05) is 13.2 Å². The monoisotopic (exact) mass is 449 g/mol. The highest BCUT2D eigenvalue weighted by atomic mass is 16.8. The van der Waals surface area contributed by atoms with Crippen LogP contribution in [-0.2, 0) is 25.4 Å². The third kappa shape index (κ3) is 3.28. The van der Waals surface area contributed by atoms with Gasteiger partial charge in [-0.05, 0) is 6.42 Å². The number of fused-ring (bicyclic) bond motifs is 4. The summed E-state index contributed by atoms with van der Waals surface area (Å²) >= 11 is 0. The normalized spacial score (nSPS) is 41.1. The van der Waals surface area contributed by atoms with Gasteiger partial charge in [0.25, 0.3) is 5.91 Å². The Morgan fingerprint density at radius 2 is 2.09 bits per heavy atom. The van der Waals surface area contributed by atoms with Crippen molar-refractivity contribution in [1.29, 1.82) is 0 Å². The molecule has 174 valence electrons. The molecule has 0 aliphatic carbocycles. The van der Waals surface area contributed by atoms with Gasteiger partial charge in [0.15, 0.2) is 6.29 Å². The van der Waals surface area contributed by atoms with Crippen molar-refractivity contribution >= 4 is 5.91 Å². The van der Waals surface area contributed by atoms with Crippen LogP contribution in [0.3, 0.4) is 0 Å². The first-order valence-electron chi connectivity index (χ1n) is 10.7. The first-order chi connectivity index (χ1) is 15.4. The summed E-state index contributed by atoms with van der Waals surface area (Å²) in [5, 5.41) is 39.7. The zero-order valence-electron chi connectivity index (χ0n) is 17.3. The molecule has 11 heteroatoms. The molecule has 0 saturated carbocycles. The van der Waals surface area contributed by atoms with Crippen molar-refractivity contribution in [3.05, 3.63) is 42.2 Å². The molecule has 0 radical (unpaired) electrons. The van der Waals surface area contributed by atoms with Gasteiger partial charge < -0.3 is 44.5 Å². The average molecular weight is 449 g/mol. The number of rotatable bonds is 4. The van der Waals surface area contributed by atoms with Crippen molar-refractivity contribution < 1.29 is 39.4 Å². The molecule has 5 rings (SSSR count). The van der Waals surface area contributed by atoms with Crippen molar-refractivity contribution in [3.63, 3.8) is 0 Å². The molecular weight excluding hydrogens is 422 g/mol. The molecule has 11 nitrogen and oxygen atoms in total. The van der Waals surface area contributed by atoms with Crippen LogP contribution in [0.4, 0.5) is 0 Å². The van der Waals surface area contributed by atoms with Gasteiger partial charge in [0.1, 0.15) is 24.4 Å². The number of piperidine rings is 1. The van der Waals surface area contributed by atoms with Crippen molar-refractivity contribution in [3.8, 4) is 0 Å². The number of nitrogens with one attached hydrogen (secondary N) is 1. The molecule has 0 bridgehead atoms. The molecule has 32 heavy (non-hydrogen) atoms. The Kier molecular flexibility index (Phi) is 5.56. The number of aliphatic hydroxyl groups is 4. The molecule has 0 spiro atoms. The largest absolute Gasteiger partial charge is 0.471 e. The summed E-state index contributed by atoms with van der Waals surface area (Å²) in [7, 11) is 0. The minimum absolute atomic E-state index is 0.107. The molecule has 5 heterocycles. The number of carbonyl (C=O) groups is 1. The summed E-state index contributed by atoms with van der Waals surface area (Å²) in [6, 6.07) is -0.149. The minimum Gasteiger partial charge on any atom is -0.471 e. The Labute approximate surface area is 183 Å². The molecule has 1 aromatic heterocycles. The molecule has 4 aliphatic heterocycles. The fourth-order valence-electron chi connectivity index (χ4n) is 5.17. The fourth-order valence-corrected chi connectivity index (χ4v) is 5.17. The predicted molar refractivity (Wildman–Crippen MR) is 106 cm³/mol. The number of ether oxygens (including phenoxy) is 3. The van der Waals surface area contributed by atoms with Crippen LogP contribution in [0.5, 0.6) is 0 Å². The van der Waals surface area contributed by atoms with Crippen molar-refractivity contribution in [2.45, 2.75) is 55.9 Å². The minimum atomic E-state index is -1.56. The number of nitrogens with zero attached hydrogens (tertiary/aromatic N) is 2. The van der Waals surface area contributed by atoms with E-state index >= 15 is 0 Å². The van der Waals surface area contributed by atoms with Crippen molar-refractivity contribution in [1.82, 2.24) is 14.9 Å². The van der Waals surface area contributed by atoms with Crippen LogP contribution in [0.1, 0.15) is 23.9 Å². The van der Waals surface area contributed by atoms with E-state index in [1.54, 1.807) is 12.4 Å². The summed E-state index contributed by atoms with van der Waals surface area (Å²) in [5.74, 6) is -0.800. The van der Waals surface area contributed by atoms with Gasteiger partial charge in [-0.15, -0.1) is 6.58 Å². The highest BCUT2D eigenvalue weighted by Crippen LogP contribution is 2.47. The van der Waals surface area contributed by atoms with Crippen LogP contribution in [0, 0.1) is 11.8 Å². The van der Waals surface area contributed by atoms with E-state index in [1.807, 2.05) is 4.90 Å². The number of aromatic amines is 1. The van der Waals surface area contributed by atoms with Gasteiger partial charge in [0, 0.05) is 24.8 Å². The van der Waals surface area contributed by atoms with Gasteiger partial charge in [-0.3, -0.25) is 4.79 Å². The Morgan fingerprint density at radius 3 is 2.84 bits per heavy atom. The standard InChI is InChI=1S/C21H27N3O8/c1-2-9-10-5-13-15-12(22-8-23-15)3-4-24(13)19(29)11(10)7-30-20(9)32-21-18(28)17(27)16(26)14(6-25)31-21/h2,7-10,13-14,16-18,20-21,25-28H,1,3-6H2,(H,22,23)/t9-,10+,13-,14-,16-,17+,18-,20+,21+/m1/s1. The van der Waals surface area contributed by atoms with E-state index in [4.69, 9.17) is 14.2 Å². The first-order valence-corrected chi connectivity index (χ1v) is 10.7. The summed E-state index contributed by atoms with van der Waals surface area (Å²) in [4.78, 5) is 22.6. The zero-order valence-corrected chi connectivity index (χ0v) is 17.3. The van der Waals surface area contributed by atoms with E-state index in [9.17, 15) is 25.2 Å². The molecule has 1 aromatic rings. The number of aliphatic hydroxyl groups excluding tert-OH is 4. The second kappa shape index (κ2) is 8.25. The number of H-pyrrole nitrogens is 1. The van der Waals surface area contributed by atoms with Crippen molar-refractivity contribution in [2.24, 2.45) is 11.8 Å².